The lowest BCUT2D eigenvalue weighted by atomic mass is 10.0. The molecule has 32 heavy (non-hydrogen) atoms. The molecule has 2 N–H and O–H groups in total. The number of benzene rings is 1. The molecule has 0 saturated heterocycles. The molecule has 9 nitrogen and oxygen atoms in total. The maximum Gasteiger partial charge on any atom is 0.262 e. The van der Waals surface area contributed by atoms with Crippen molar-refractivity contribution in [3.05, 3.63) is 58.5 Å². The zero-order valence-corrected chi connectivity index (χ0v) is 18.1. The van der Waals surface area contributed by atoms with Crippen molar-refractivity contribution >= 4 is 17.5 Å². The minimum atomic E-state index is -0.734. The minimum absolute atomic E-state index is 0.0331. The Morgan fingerprint density at radius 1 is 1.38 bits per heavy atom. The van der Waals surface area contributed by atoms with Crippen LogP contribution in [0.3, 0.4) is 0 Å². The molecule has 0 aliphatic carbocycles. The van der Waals surface area contributed by atoms with Crippen LogP contribution in [-0.2, 0) is 6.54 Å². The van der Waals surface area contributed by atoms with Crippen molar-refractivity contribution in [3.63, 3.8) is 0 Å². The summed E-state index contributed by atoms with van der Waals surface area (Å²) in [6.07, 6.45) is 0.719. The zero-order chi connectivity index (χ0) is 23.2. The lowest BCUT2D eigenvalue weighted by Gasteiger charge is -2.23. The van der Waals surface area contributed by atoms with Crippen molar-refractivity contribution in [1.82, 2.24) is 24.6 Å². The molecule has 3 aromatic rings. The highest BCUT2D eigenvalue weighted by Crippen LogP contribution is 2.38. The highest BCUT2D eigenvalue weighted by Gasteiger charge is 2.29. The van der Waals surface area contributed by atoms with Crippen LogP contribution in [0.4, 0.5) is 16.0 Å². The van der Waals surface area contributed by atoms with E-state index in [4.69, 9.17) is 17.0 Å². The van der Waals surface area contributed by atoms with Crippen LogP contribution >= 0.6 is 0 Å². The van der Waals surface area contributed by atoms with Gasteiger partial charge in [-0.15, -0.1) is 5.10 Å². The second-order valence-corrected chi connectivity index (χ2v) is 7.89. The number of hydrogen-bond donors (Lipinski definition) is 1. The van der Waals surface area contributed by atoms with Gasteiger partial charge in [0.05, 0.1) is 24.0 Å². The first-order valence-electron chi connectivity index (χ1n) is 10.0. The third-order valence-corrected chi connectivity index (χ3v) is 5.28. The van der Waals surface area contributed by atoms with Crippen LogP contribution in [0.25, 0.3) is 16.1 Å². The van der Waals surface area contributed by atoms with E-state index in [2.05, 4.69) is 19.9 Å². The summed E-state index contributed by atoms with van der Waals surface area (Å²) in [6, 6.07) is 3.83. The Labute approximate surface area is 184 Å². The SMILES string of the molecule is [C-]#[N+]c1c2c(nn1C(C)C)CN(C)C(=O)c1ccc(F)cc1[C@@H](C)Oc1nc-2cnc1N. The lowest BCUT2D eigenvalue weighted by molar-refractivity contribution is 0.0778. The van der Waals surface area contributed by atoms with E-state index in [9.17, 15) is 9.18 Å². The Balaban J connectivity index is 1.99. The van der Waals surface area contributed by atoms with Crippen molar-refractivity contribution in [2.75, 3.05) is 12.8 Å². The van der Waals surface area contributed by atoms with Crippen LogP contribution in [0, 0.1) is 12.4 Å². The standard InChI is InChI=1S/C22H22FN7O2/c1-11(2)30-20(25-4)18-16-9-26-19(24)21(27-16)32-12(3)15-8-13(23)6-7-14(15)22(31)29(5)10-17(18)28-30/h6-9,11-12H,10H2,1-3,5H3,(H2,24,26)/t12-/m1/s1. The fourth-order valence-corrected chi connectivity index (χ4v) is 3.70. The van der Waals surface area contributed by atoms with Gasteiger partial charge in [0.2, 0.25) is 0 Å². The van der Waals surface area contributed by atoms with Gasteiger partial charge < -0.3 is 20.2 Å². The van der Waals surface area contributed by atoms with Gasteiger partial charge >= 0.3 is 0 Å². The van der Waals surface area contributed by atoms with Crippen molar-refractivity contribution in [1.29, 1.82) is 0 Å². The van der Waals surface area contributed by atoms with E-state index in [1.807, 2.05) is 13.8 Å². The van der Waals surface area contributed by atoms with Crippen LogP contribution < -0.4 is 10.5 Å². The number of nitrogen functional groups attached to an aromatic ring is 1. The molecule has 0 fully saturated rings. The molecular formula is C22H22FN7O2. The normalized spacial score (nSPS) is 15.8. The highest BCUT2D eigenvalue weighted by atomic mass is 19.1. The number of aromatic nitrogens is 4. The molecule has 1 aromatic carbocycles. The van der Waals surface area contributed by atoms with Crippen molar-refractivity contribution in [3.8, 4) is 17.1 Å². The number of rotatable bonds is 1. The first-order valence-corrected chi connectivity index (χ1v) is 10.0. The van der Waals surface area contributed by atoms with Crippen molar-refractivity contribution < 1.29 is 13.9 Å². The molecule has 0 saturated carbocycles. The predicted octanol–water partition coefficient (Wildman–Crippen LogP) is 3.92. The Morgan fingerprint density at radius 3 is 2.81 bits per heavy atom. The first-order chi connectivity index (χ1) is 15.2. The van der Waals surface area contributed by atoms with Crippen LogP contribution in [0.1, 0.15) is 54.5 Å². The van der Waals surface area contributed by atoms with E-state index in [0.29, 0.717) is 28.1 Å². The van der Waals surface area contributed by atoms with Crippen LogP contribution in [0.2, 0.25) is 0 Å². The Kier molecular flexibility index (Phi) is 5.26. The third kappa shape index (κ3) is 3.51. The van der Waals surface area contributed by atoms with Gasteiger partial charge in [-0.1, -0.05) is 6.57 Å². The van der Waals surface area contributed by atoms with Crippen molar-refractivity contribution in [2.24, 2.45) is 0 Å². The van der Waals surface area contributed by atoms with Crippen LogP contribution in [0.5, 0.6) is 5.88 Å². The molecule has 2 bridgehead atoms. The third-order valence-electron chi connectivity index (χ3n) is 5.28. The number of halogens is 1. The zero-order valence-electron chi connectivity index (χ0n) is 18.1. The molecule has 0 spiro atoms. The number of carbonyl (C=O) groups excluding carboxylic acids is 1. The number of amides is 1. The molecule has 1 aliphatic heterocycles. The van der Waals surface area contributed by atoms with Gasteiger partial charge in [-0.25, -0.2) is 14.4 Å². The number of nitrogens with two attached hydrogens (primary N) is 1. The molecule has 1 amide bonds. The predicted molar refractivity (Wildman–Crippen MR) is 116 cm³/mol. The second kappa shape index (κ2) is 7.92. The Morgan fingerprint density at radius 2 is 2.12 bits per heavy atom. The molecular weight excluding hydrogens is 413 g/mol. The number of anilines is 1. The Bertz CT molecular complexity index is 1260. The summed E-state index contributed by atoms with van der Waals surface area (Å²) in [5.41, 5.74) is 7.96. The van der Waals surface area contributed by atoms with Gasteiger partial charge in [-0.3, -0.25) is 4.79 Å². The fraction of sp³-hybridized carbons (Fsp3) is 0.318. The summed E-state index contributed by atoms with van der Waals surface area (Å²) in [7, 11) is 1.63. The van der Waals surface area contributed by atoms with Gasteiger partial charge in [0.1, 0.15) is 23.7 Å². The number of fused-ring (bicyclic) bond motifs is 5. The average molecular weight is 435 g/mol. The number of hydrogen-bond acceptors (Lipinski definition) is 6. The summed E-state index contributed by atoms with van der Waals surface area (Å²) in [6.45, 7) is 13.3. The summed E-state index contributed by atoms with van der Waals surface area (Å²) in [4.78, 5) is 27.1. The van der Waals surface area contributed by atoms with E-state index < -0.39 is 11.9 Å². The van der Waals surface area contributed by atoms with Crippen LogP contribution in [-0.4, -0.2) is 37.6 Å². The van der Waals surface area contributed by atoms with Crippen LogP contribution in [0.15, 0.2) is 24.4 Å². The van der Waals surface area contributed by atoms with Gasteiger partial charge in [-0.05, 0) is 39.0 Å². The molecule has 1 atom stereocenters. The van der Waals surface area contributed by atoms with E-state index in [0.717, 1.165) is 0 Å². The first kappa shape index (κ1) is 21.2. The molecule has 1 aliphatic rings. The topological polar surface area (TPSA) is 104 Å². The summed E-state index contributed by atoms with van der Waals surface area (Å²) in [5.74, 6) is -0.456. The smallest absolute Gasteiger partial charge is 0.262 e. The van der Waals surface area contributed by atoms with Gasteiger partial charge in [0.15, 0.2) is 5.82 Å². The molecule has 0 radical (unpaired) electrons. The second-order valence-electron chi connectivity index (χ2n) is 7.89. The van der Waals surface area contributed by atoms with Gasteiger partial charge in [0, 0.05) is 18.2 Å². The monoisotopic (exact) mass is 435 g/mol. The molecule has 10 heteroatoms. The minimum Gasteiger partial charge on any atom is -0.467 e. The Hall–Kier alpha value is -4.00. The van der Waals surface area contributed by atoms with Gasteiger partial charge in [-0.2, -0.15) is 4.68 Å². The maximum atomic E-state index is 14.0. The van der Waals surface area contributed by atoms with E-state index in [1.165, 1.54) is 29.3 Å². The maximum absolute atomic E-state index is 14.0. The van der Waals surface area contributed by atoms with Gasteiger partial charge in [0.25, 0.3) is 17.6 Å². The quantitative estimate of drug-likeness (QED) is 0.581. The lowest BCUT2D eigenvalue weighted by Crippen LogP contribution is -2.28. The average Bonchev–Trinajstić information content (AvgIpc) is 3.12. The summed E-state index contributed by atoms with van der Waals surface area (Å²) >= 11 is 0. The molecule has 3 heterocycles. The molecule has 0 unspecified atom stereocenters. The van der Waals surface area contributed by atoms with E-state index in [1.54, 1.807) is 18.7 Å². The van der Waals surface area contributed by atoms with E-state index in [-0.39, 0.29) is 36.0 Å². The number of nitrogens with zero attached hydrogens (tertiary/aromatic N) is 6. The summed E-state index contributed by atoms with van der Waals surface area (Å²) in [5, 5.41) is 4.60. The largest absolute Gasteiger partial charge is 0.467 e. The van der Waals surface area contributed by atoms with E-state index >= 15 is 0 Å². The molecule has 164 valence electrons. The highest BCUT2D eigenvalue weighted by molar-refractivity contribution is 5.96. The molecule has 4 rings (SSSR count). The molecule has 2 aromatic heterocycles. The number of ether oxygens (including phenoxy) is 1. The number of carbonyl (C=O) groups is 1. The fourth-order valence-electron chi connectivity index (χ4n) is 3.70. The van der Waals surface area contributed by atoms with Crippen molar-refractivity contribution in [2.45, 2.75) is 39.5 Å². The summed E-state index contributed by atoms with van der Waals surface area (Å²) < 4.78 is 21.6.